The summed E-state index contributed by atoms with van der Waals surface area (Å²) >= 11 is -1.03. The fraction of sp³-hybridized carbons (Fsp3) is 0.467. The normalized spacial score (nSPS) is 15.6. The fourth-order valence-corrected chi connectivity index (χ4v) is 2.68. The molecular formula is C15H21NO2S. The van der Waals surface area contributed by atoms with E-state index in [1.54, 1.807) is 6.26 Å². The summed E-state index contributed by atoms with van der Waals surface area (Å²) in [4.78, 5) is 0. The van der Waals surface area contributed by atoms with Crippen LogP contribution < -0.4 is 4.72 Å². The van der Waals surface area contributed by atoms with Gasteiger partial charge >= 0.3 is 0 Å². The van der Waals surface area contributed by atoms with Crippen LogP contribution in [-0.4, -0.2) is 15.3 Å². The molecule has 0 aliphatic rings. The number of rotatable bonds is 4. The Morgan fingerprint density at radius 2 is 2.05 bits per heavy atom. The van der Waals surface area contributed by atoms with Gasteiger partial charge in [-0.15, -0.1) is 4.72 Å². The summed E-state index contributed by atoms with van der Waals surface area (Å²) in [6, 6.07) is 8.31. The molecule has 1 N–H and O–H groups in total. The highest BCUT2D eigenvalue weighted by Crippen LogP contribution is 2.19. The first kappa shape index (κ1) is 14.4. The van der Waals surface area contributed by atoms with Gasteiger partial charge in [-0.25, -0.2) is 0 Å². The Kier molecular flexibility index (Phi) is 4.23. The van der Waals surface area contributed by atoms with E-state index in [-0.39, 0.29) is 10.8 Å². The van der Waals surface area contributed by atoms with Crippen molar-refractivity contribution in [2.75, 3.05) is 0 Å². The van der Waals surface area contributed by atoms with Gasteiger partial charge in [0.25, 0.3) is 0 Å². The molecule has 19 heavy (non-hydrogen) atoms. The Hall–Kier alpha value is -0.970. The molecule has 3 nitrogen and oxygen atoms in total. The lowest BCUT2D eigenvalue weighted by Crippen LogP contribution is -2.44. The average Bonchev–Trinajstić information content (AvgIpc) is 2.74. The predicted octanol–water partition coefficient (Wildman–Crippen LogP) is 3.42. The molecular weight excluding hydrogens is 258 g/mol. The van der Waals surface area contributed by atoms with Crippen LogP contribution in [0.3, 0.4) is 0 Å². The van der Waals surface area contributed by atoms with Gasteiger partial charge in [-0.2, -0.15) is 0 Å². The third-order valence-corrected chi connectivity index (χ3v) is 4.66. The van der Waals surface area contributed by atoms with Gasteiger partial charge < -0.3 is 8.97 Å². The largest absolute Gasteiger partial charge is 0.598 e. The first-order chi connectivity index (χ1) is 8.86. The Morgan fingerprint density at radius 1 is 1.32 bits per heavy atom. The summed E-state index contributed by atoms with van der Waals surface area (Å²) in [6.07, 6.45) is 2.53. The summed E-state index contributed by atoms with van der Waals surface area (Å²) in [5.41, 5.74) is 2.09. The molecule has 1 aromatic heterocycles. The molecule has 1 aromatic carbocycles. The van der Waals surface area contributed by atoms with E-state index in [2.05, 4.69) is 23.8 Å². The predicted molar refractivity (Wildman–Crippen MR) is 80.4 cm³/mol. The number of nitrogens with one attached hydrogen (secondary N) is 1. The smallest absolute Gasteiger partial charge is 0.136 e. The number of hydrogen-bond acceptors (Lipinski definition) is 3. The maximum absolute atomic E-state index is 12.0. The van der Waals surface area contributed by atoms with Crippen LogP contribution in [0.2, 0.25) is 0 Å². The second kappa shape index (κ2) is 5.57. The summed E-state index contributed by atoms with van der Waals surface area (Å²) in [5, 5.41) is 1.11. The Morgan fingerprint density at radius 3 is 2.74 bits per heavy atom. The van der Waals surface area contributed by atoms with E-state index in [1.165, 1.54) is 5.56 Å². The van der Waals surface area contributed by atoms with Crippen molar-refractivity contribution in [3.05, 3.63) is 36.1 Å². The van der Waals surface area contributed by atoms with Gasteiger partial charge in [-0.1, -0.05) is 12.1 Å². The van der Waals surface area contributed by atoms with Crippen LogP contribution in [0.1, 0.15) is 33.3 Å². The van der Waals surface area contributed by atoms with Gasteiger partial charge in [0.05, 0.1) is 12.3 Å². The second-order valence-electron chi connectivity index (χ2n) is 5.90. The Balaban J connectivity index is 2.00. The van der Waals surface area contributed by atoms with Gasteiger partial charge in [-0.05, 0) is 51.8 Å². The molecule has 0 saturated heterocycles. The maximum Gasteiger partial charge on any atom is 0.136 e. The van der Waals surface area contributed by atoms with Crippen LogP contribution in [0.15, 0.2) is 34.9 Å². The van der Waals surface area contributed by atoms with Crippen molar-refractivity contribution in [3.63, 3.8) is 0 Å². The number of fused-ring (bicyclic) bond motifs is 1. The number of hydrogen-bond donors (Lipinski definition) is 1. The molecule has 0 spiro atoms. The van der Waals surface area contributed by atoms with Crippen LogP contribution in [0.25, 0.3) is 11.0 Å². The molecule has 1 unspecified atom stereocenters. The Bertz CT molecular complexity index is 544. The lowest BCUT2D eigenvalue weighted by molar-refractivity contribution is 0.526. The average molecular weight is 279 g/mol. The molecule has 0 aliphatic heterocycles. The van der Waals surface area contributed by atoms with Crippen molar-refractivity contribution in [2.45, 2.75) is 44.9 Å². The van der Waals surface area contributed by atoms with E-state index in [0.29, 0.717) is 0 Å². The van der Waals surface area contributed by atoms with Crippen molar-refractivity contribution in [1.29, 1.82) is 0 Å². The summed E-state index contributed by atoms with van der Waals surface area (Å²) in [5.74, 6) is 0. The van der Waals surface area contributed by atoms with Gasteiger partial charge in [-0.3, -0.25) is 0 Å². The topological polar surface area (TPSA) is 48.2 Å². The van der Waals surface area contributed by atoms with E-state index >= 15 is 0 Å². The quantitative estimate of drug-likeness (QED) is 0.872. The highest BCUT2D eigenvalue weighted by molar-refractivity contribution is 7.90. The van der Waals surface area contributed by atoms with E-state index in [9.17, 15) is 4.55 Å². The summed E-state index contributed by atoms with van der Waals surface area (Å²) in [7, 11) is 0. The second-order valence-corrected chi connectivity index (χ2v) is 7.89. The monoisotopic (exact) mass is 279 g/mol. The van der Waals surface area contributed by atoms with E-state index in [1.807, 2.05) is 32.9 Å². The first-order valence-electron chi connectivity index (χ1n) is 6.50. The third-order valence-electron chi connectivity index (χ3n) is 2.93. The molecule has 0 fully saturated rings. The van der Waals surface area contributed by atoms with Crippen molar-refractivity contribution >= 4 is 22.3 Å². The summed E-state index contributed by atoms with van der Waals surface area (Å²) < 4.78 is 20.3. The third kappa shape index (κ3) is 3.75. The molecule has 0 amide bonds. The van der Waals surface area contributed by atoms with Gasteiger partial charge in [0.2, 0.25) is 0 Å². The maximum atomic E-state index is 12.0. The van der Waals surface area contributed by atoms with Gasteiger partial charge in [0.1, 0.15) is 10.3 Å². The van der Waals surface area contributed by atoms with Crippen LogP contribution in [-0.2, 0) is 17.8 Å². The van der Waals surface area contributed by atoms with E-state index in [0.717, 1.165) is 17.4 Å². The van der Waals surface area contributed by atoms with Crippen molar-refractivity contribution in [1.82, 2.24) is 4.72 Å². The minimum absolute atomic E-state index is 0.160. The van der Waals surface area contributed by atoms with E-state index < -0.39 is 11.4 Å². The molecule has 2 aromatic rings. The fourth-order valence-electron chi connectivity index (χ4n) is 1.88. The van der Waals surface area contributed by atoms with Crippen LogP contribution in [0.4, 0.5) is 0 Å². The van der Waals surface area contributed by atoms with Gasteiger partial charge in [0, 0.05) is 16.7 Å². The molecule has 0 radical (unpaired) electrons. The number of furan rings is 1. The number of benzene rings is 1. The van der Waals surface area contributed by atoms with Crippen molar-refractivity contribution in [3.8, 4) is 0 Å². The molecule has 0 saturated carbocycles. The van der Waals surface area contributed by atoms with Crippen molar-refractivity contribution in [2.24, 2.45) is 0 Å². The zero-order valence-corrected chi connectivity index (χ0v) is 12.7. The molecule has 2 rings (SSSR count). The zero-order valence-electron chi connectivity index (χ0n) is 11.9. The summed E-state index contributed by atoms with van der Waals surface area (Å²) in [6.45, 7) is 7.96. The highest BCUT2D eigenvalue weighted by atomic mass is 32.2. The molecule has 0 aliphatic carbocycles. The van der Waals surface area contributed by atoms with Gasteiger partial charge in [0.15, 0.2) is 0 Å². The molecule has 104 valence electrons. The SMILES string of the molecule is CC(Cc1ccc2ccoc2c1)N[S@+]([O-])C(C)(C)C. The minimum Gasteiger partial charge on any atom is -0.598 e. The first-order valence-corrected chi connectivity index (χ1v) is 7.65. The van der Waals surface area contributed by atoms with E-state index in [4.69, 9.17) is 4.42 Å². The molecule has 0 bridgehead atoms. The zero-order chi connectivity index (χ0) is 14.0. The minimum atomic E-state index is -1.03. The van der Waals surface area contributed by atoms with Crippen molar-refractivity contribution < 1.29 is 8.97 Å². The van der Waals surface area contributed by atoms with Crippen LogP contribution in [0.5, 0.6) is 0 Å². The highest BCUT2D eigenvalue weighted by Gasteiger charge is 2.27. The standard InChI is InChI=1S/C15H21NO2S/c1-11(16-19(17)15(2,3)4)9-12-5-6-13-7-8-18-14(13)10-12/h5-8,10-11,16H,9H2,1-4H3/t11?,19-/m1/s1. The molecule has 2 atom stereocenters. The lowest BCUT2D eigenvalue weighted by atomic mass is 10.1. The van der Waals surface area contributed by atoms with Crippen LogP contribution in [0, 0.1) is 0 Å². The van der Waals surface area contributed by atoms with Crippen LogP contribution >= 0.6 is 0 Å². The lowest BCUT2D eigenvalue weighted by Gasteiger charge is -2.26. The molecule has 4 heteroatoms. The molecule has 1 heterocycles. The Labute approximate surface area is 117 Å².